The topological polar surface area (TPSA) is 33.6 Å². The lowest BCUT2D eigenvalue weighted by Gasteiger charge is -2.35. The van der Waals surface area contributed by atoms with Crippen LogP contribution in [-0.4, -0.2) is 11.9 Å². The number of benzene rings is 4. The molecule has 2 heterocycles. The van der Waals surface area contributed by atoms with E-state index in [2.05, 4.69) is 133 Å². The zero-order valence-electron chi connectivity index (χ0n) is 23.9. The van der Waals surface area contributed by atoms with Gasteiger partial charge in [0, 0.05) is 34.6 Å². The molecule has 9 rings (SSSR count). The van der Waals surface area contributed by atoms with E-state index >= 15 is 0 Å². The van der Waals surface area contributed by atoms with Crippen molar-refractivity contribution < 1.29 is 4.74 Å². The van der Waals surface area contributed by atoms with Gasteiger partial charge in [-0.25, -0.2) is 0 Å². The third-order valence-corrected chi connectivity index (χ3v) is 9.72. The van der Waals surface area contributed by atoms with Crippen LogP contribution < -0.4 is 10.1 Å². The first-order chi connectivity index (χ1) is 21.3. The van der Waals surface area contributed by atoms with E-state index in [9.17, 15) is 0 Å². The summed E-state index contributed by atoms with van der Waals surface area (Å²) in [6, 6.07) is 32.7. The lowest BCUT2D eigenvalue weighted by atomic mass is 9.68. The van der Waals surface area contributed by atoms with Crippen molar-refractivity contribution in [1.29, 1.82) is 0 Å². The number of fused-ring (bicyclic) bond motifs is 9. The van der Waals surface area contributed by atoms with E-state index in [1.807, 2.05) is 6.07 Å². The van der Waals surface area contributed by atoms with Crippen molar-refractivity contribution in [1.82, 2.24) is 5.32 Å². The quantitative estimate of drug-likeness (QED) is 0.256. The van der Waals surface area contributed by atoms with E-state index in [1.165, 1.54) is 33.4 Å². The van der Waals surface area contributed by atoms with Gasteiger partial charge in [0.2, 0.25) is 0 Å². The van der Waals surface area contributed by atoms with Crippen LogP contribution in [0, 0.1) is 0 Å². The van der Waals surface area contributed by atoms with Crippen molar-refractivity contribution in [2.75, 3.05) is 0 Å². The van der Waals surface area contributed by atoms with Gasteiger partial charge in [-0.2, -0.15) is 0 Å². The summed E-state index contributed by atoms with van der Waals surface area (Å²) in [4.78, 5) is 5.25. The summed E-state index contributed by atoms with van der Waals surface area (Å²) < 4.78 is 6.54. The molecule has 0 bridgehead atoms. The molecule has 5 unspecified atom stereocenters. The number of nitrogens with one attached hydrogen (secondary N) is 1. The second-order valence-corrected chi connectivity index (χ2v) is 12.2. The summed E-state index contributed by atoms with van der Waals surface area (Å²) in [6.45, 7) is 0. The summed E-state index contributed by atoms with van der Waals surface area (Å²) in [5, 5.41) is 3.62. The fraction of sp³-hybridized carbons (Fsp3) is 0.175. The Morgan fingerprint density at radius 2 is 1.42 bits per heavy atom. The third-order valence-electron chi connectivity index (χ3n) is 9.72. The molecule has 3 nitrogen and oxygen atoms in total. The van der Waals surface area contributed by atoms with Crippen LogP contribution in [0.3, 0.4) is 0 Å². The largest absolute Gasteiger partial charge is 0.489 e. The highest BCUT2D eigenvalue weighted by Gasteiger charge is 2.39. The Labute approximate surface area is 252 Å². The summed E-state index contributed by atoms with van der Waals surface area (Å²) in [7, 11) is 0. The molecule has 0 aromatic heterocycles. The minimum atomic E-state index is -0.0989. The fourth-order valence-electron chi connectivity index (χ4n) is 7.61. The summed E-state index contributed by atoms with van der Waals surface area (Å²) >= 11 is 0. The number of hydrogen-bond donors (Lipinski definition) is 1. The first kappa shape index (κ1) is 24.7. The molecule has 0 spiro atoms. The number of hydrogen-bond acceptors (Lipinski definition) is 3. The van der Waals surface area contributed by atoms with Crippen molar-refractivity contribution in [3.05, 3.63) is 167 Å². The van der Waals surface area contributed by atoms with Crippen LogP contribution in [0.4, 0.5) is 0 Å². The zero-order chi connectivity index (χ0) is 28.3. The van der Waals surface area contributed by atoms with Crippen molar-refractivity contribution in [3.8, 4) is 16.9 Å². The average Bonchev–Trinajstić information content (AvgIpc) is 3.45. The van der Waals surface area contributed by atoms with E-state index in [-0.39, 0.29) is 12.1 Å². The molecule has 0 saturated heterocycles. The van der Waals surface area contributed by atoms with Crippen molar-refractivity contribution in [2.45, 2.75) is 42.7 Å². The van der Waals surface area contributed by atoms with Crippen LogP contribution in [0.5, 0.6) is 5.75 Å². The van der Waals surface area contributed by atoms with E-state index in [4.69, 9.17) is 9.73 Å². The molecule has 3 heteroatoms. The van der Waals surface area contributed by atoms with Crippen molar-refractivity contribution in [3.63, 3.8) is 0 Å². The molecule has 0 fully saturated rings. The Balaban J connectivity index is 1.17. The van der Waals surface area contributed by atoms with Gasteiger partial charge in [-0.1, -0.05) is 121 Å². The maximum Gasteiger partial charge on any atom is 0.133 e. The molecule has 208 valence electrons. The maximum absolute atomic E-state index is 6.54. The molecule has 5 aliphatic rings. The highest BCUT2D eigenvalue weighted by Crippen LogP contribution is 2.54. The number of aliphatic imine (C=N–C) groups is 1. The molecule has 5 atom stereocenters. The van der Waals surface area contributed by atoms with Gasteiger partial charge in [0.05, 0.1) is 6.04 Å². The lowest BCUT2D eigenvalue weighted by molar-refractivity contribution is 0.204. The van der Waals surface area contributed by atoms with Gasteiger partial charge >= 0.3 is 0 Å². The van der Waals surface area contributed by atoms with E-state index in [0.717, 1.165) is 41.3 Å². The van der Waals surface area contributed by atoms with Crippen molar-refractivity contribution >= 4 is 11.5 Å². The summed E-state index contributed by atoms with van der Waals surface area (Å²) in [5.41, 5.74) is 11.3. The average molecular weight is 557 g/mol. The van der Waals surface area contributed by atoms with Gasteiger partial charge < -0.3 is 10.1 Å². The molecule has 2 aliphatic heterocycles. The third kappa shape index (κ3) is 4.06. The van der Waals surface area contributed by atoms with Gasteiger partial charge in [0.1, 0.15) is 17.7 Å². The minimum Gasteiger partial charge on any atom is -0.489 e. The Kier molecular flexibility index (Phi) is 5.65. The standard InChI is InChI=1S/C40H32N2O/c1-3-11-25(12-4-1)36-24-37(42-40(41-36)26-13-5-2-6-14-26)27-19-20-30-32(21-27)28-15-7-8-16-29(28)33-22-35-31-17-9-10-18-38(31)43-39(35)23-34(30)33/h1-9,11-17,19-24,28-29,31,37-38H,10,18H2,(H,41,42). The molecule has 0 radical (unpaired) electrons. The van der Waals surface area contributed by atoms with Crippen LogP contribution in [0.2, 0.25) is 0 Å². The normalized spacial score (nSPS) is 25.6. The molecular formula is C40H32N2O. The molecule has 43 heavy (non-hydrogen) atoms. The highest BCUT2D eigenvalue weighted by molar-refractivity contribution is 6.04. The van der Waals surface area contributed by atoms with Crippen LogP contribution in [-0.2, 0) is 0 Å². The molecule has 3 aliphatic carbocycles. The predicted molar refractivity (Wildman–Crippen MR) is 174 cm³/mol. The maximum atomic E-state index is 6.54. The summed E-state index contributed by atoms with van der Waals surface area (Å²) in [5.74, 6) is 2.95. The van der Waals surface area contributed by atoms with Crippen LogP contribution in [0.15, 0.2) is 139 Å². The van der Waals surface area contributed by atoms with Crippen LogP contribution >= 0.6 is 0 Å². The van der Waals surface area contributed by atoms with Crippen LogP contribution in [0.1, 0.15) is 70.0 Å². The van der Waals surface area contributed by atoms with Crippen molar-refractivity contribution in [2.24, 2.45) is 4.99 Å². The van der Waals surface area contributed by atoms with Gasteiger partial charge in [-0.3, -0.25) is 4.99 Å². The molecular weight excluding hydrogens is 524 g/mol. The molecule has 4 aromatic rings. The molecule has 1 N–H and O–H groups in total. The first-order valence-corrected chi connectivity index (χ1v) is 15.5. The Hall–Kier alpha value is -4.89. The fourth-order valence-corrected chi connectivity index (χ4v) is 7.61. The second-order valence-electron chi connectivity index (χ2n) is 12.2. The Bertz CT molecular complexity index is 1840. The van der Waals surface area contributed by atoms with E-state index in [1.54, 1.807) is 0 Å². The van der Waals surface area contributed by atoms with Gasteiger partial charge in [-0.05, 0) is 58.4 Å². The van der Waals surface area contributed by atoms with Gasteiger partial charge in [0.15, 0.2) is 0 Å². The van der Waals surface area contributed by atoms with E-state index < -0.39 is 0 Å². The van der Waals surface area contributed by atoms with Gasteiger partial charge in [-0.15, -0.1) is 0 Å². The molecule has 0 amide bonds. The number of ether oxygens (including phenoxy) is 1. The SMILES string of the molecule is C1=CC2c3cc(C4C=C(c5ccccc5)NC(c5ccccc5)=N4)ccc3-c3cc4c(cc3C2C=C1)C1C=CCCC1O4. The number of rotatable bonds is 3. The van der Waals surface area contributed by atoms with Gasteiger partial charge in [0.25, 0.3) is 0 Å². The smallest absolute Gasteiger partial charge is 0.133 e. The monoisotopic (exact) mass is 556 g/mol. The second kappa shape index (κ2) is 9.84. The van der Waals surface area contributed by atoms with E-state index in [0.29, 0.717) is 17.8 Å². The molecule has 0 saturated carbocycles. The Morgan fingerprint density at radius 1 is 0.674 bits per heavy atom. The lowest BCUT2D eigenvalue weighted by Crippen LogP contribution is -2.27. The summed E-state index contributed by atoms with van der Waals surface area (Å²) in [6.07, 6.45) is 18.6. The van der Waals surface area contributed by atoms with Crippen LogP contribution in [0.25, 0.3) is 16.8 Å². The zero-order valence-corrected chi connectivity index (χ0v) is 23.9. The Morgan fingerprint density at radius 3 is 2.21 bits per heavy atom. The number of allylic oxidation sites excluding steroid dienone is 5. The highest BCUT2D eigenvalue weighted by atomic mass is 16.5. The minimum absolute atomic E-state index is 0.0989. The first-order valence-electron chi connectivity index (χ1n) is 15.5. The molecule has 4 aromatic carbocycles. The number of amidine groups is 1. The predicted octanol–water partition coefficient (Wildman–Crippen LogP) is 8.99. The number of nitrogens with zero attached hydrogens (tertiary/aromatic N) is 1.